The van der Waals surface area contributed by atoms with Crippen molar-refractivity contribution >= 4 is 34.2 Å². The summed E-state index contributed by atoms with van der Waals surface area (Å²) in [5, 5.41) is 5.22. The molecule has 0 saturated carbocycles. The molecule has 4 rings (SSSR count). The van der Waals surface area contributed by atoms with Gasteiger partial charge in [0.15, 0.2) is 0 Å². The topological polar surface area (TPSA) is 73.7 Å². The maximum atomic E-state index is 13.7. The van der Waals surface area contributed by atoms with Crippen molar-refractivity contribution in [1.29, 1.82) is 0 Å². The van der Waals surface area contributed by atoms with E-state index in [9.17, 15) is 9.59 Å². The fraction of sp³-hybridized carbons (Fsp3) is 0.618. The number of carbonyl (C=O) groups excluding carboxylic acids is 2. The minimum atomic E-state index is -0.539. The smallest absolute Gasteiger partial charge is 0.252 e. The van der Waals surface area contributed by atoms with Crippen LogP contribution in [0, 0.1) is 5.92 Å². The van der Waals surface area contributed by atoms with Crippen LogP contribution < -0.4 is 5.32 Å². The molecule has 1 aliphatic rings. The molecule has 3 heterocycles. The number of nitrogens with one attached hydrogen (secondary N) is 1. The summed E-state index contributed by atoms with van der Waals surface area (Å²) in [7, 11) is 6.38. The van der Waals surface area contributed by atoms with Gasteiger partial charge in [-0.25, -0.2) is 4.98 Å². The number of hydrogen-bond acceptors (Lipinski definition) is 6. The van der Waals surface area contributed by atoms with Crippen LogP contribution in [0.3, 0.4) is 0 Å². The van der Waals surface area contributed by atoms with Gasteiger partial charge in [0.1, 0.15) is 11.9 Å². The highest BCUT2D eigenvalue weighted by atomic mass is 32.1. The molecule has 236 valence electrons. The Balaban J connectivity index is 1.48. The number of aromatic nitrogens is 2. The third kappa shape index (κ3) is 8.46. The van der Waals surface area contributed by atoms with Gasteiger partial charge in [-0.3, -0.25) is 9.59 Å². The maximum absolute atomic E-state index is 13.7. The minimum absolute atomic E-state index is 0.0359. The zero-order valence-corrected chi connectivity index (χ0v) is 28.1. The first-order chi connectivity index (χ1) is 20.6. The Bertz CT molecular complexity index is 1320. The average Bonchev–Trinajstić information content (AvgIpc) is 3.63. The van der Waals surface area contributed by atoms with Crippen LogP contribution in [-0.2, 0) is 11.2 Å². The van der Waals surface area contributed by atoms with E-state index in [1.807, 2.05) is 23.1 Å². The van der Waals surface area contributed by atoms with Crippen molar-refractivity contribution in [3.63, 3.8) is 0 Å². The van der Waals surface area contributed by atoms with Gasteiger partial charge in [-0.2, -0.15) is 0 Å². The molecule has 0 aliphatic carbocycles. The third-order valence-corrected chi connectivity index (χ3v) is 9.73. The van der Waals surface area contributed by atoms with Gasteiger partial charge in [-0.15, -0.1) is 11.3 Å². The molecule has 2 aromatic heterocycles. The SMILES string of the molecule is CCC(CC)n1c(Cc2cccs2)nc2cc(C(=O)N[C@@H](CC(C)C)C(=O)N3CCC(N(C)CCN(C)C)CC3)ccc21. The van der Waals surface area contributed by atoms with Crippen LogP contribution in [0.4, 0.5) is 0 Å². The monoisotopic (exact) mass is 608 g/mol. The Morgan fingerprint density at radius 1 is 1.07 bits per heavy atom. The van der Waals surface area contributed by atoms with Crippen molar-refractivity contribution in [2.75, 3.05) is 47.3 Å². The predicted octanol–water partition coefficient (Wildman–Crippen LogP) is 5.68. The van der Waals surface area contributed by atoms with Gasteiger partial charge in [0.25, 0.3) is 5.91 Å². The number of nitrogens with zero attached hydrogens (tertiary/aromatic N) is 5. The molecular formula is C34H52N6O2S. The largest absolute Gasteiger partial charge is 0.341 e. The van der Waals surface area contributed by atoms with Gasteiger partial charge >= 0.3 is 0 Å². The highest BCUT2D eigenvalue weighted by Crippen LogP contribution is 2.28. The quantitative estimate of drug-likeness (QED) is 0.255. The molecule has 1 aromatic carbocycles. The normalized spacial score (nSPS) is 15.4. The Labute approximate surface area is 262 Å². The summed E-state index contributed by atoms with van der Waals surface area (Å²) in [6, 6.07) is 10.3. The number of amides is 2. The first-order valence-corrected chi connectivity index (χ1v) is 17.0. The summed E-state index contributed by atoms with van der Waals surface area (Å²) in [4.78, 5) is 40.2. The molecular weight excluding hydrogens is 556 g/mol. The van der Waals surface area contributed by atoms with Crippen LogP contribution in [0.5, 0.6) is 0 Å². The van der Waals surface area contributed by atoms with E-state index < -0.39 is 6.04 Å². The first-order valence-electron chi connectivity index (χ1n) is 16.1. The Kier molecular flexibility index (Phi) is 11.8. The molecule has 1 saturated heterocycles. The van der Waals surface area contributed by atoms with Crippen molar-refractivity contribution in [2.24, 2.45) is 5.92 Å². The Morgan fingerprint density at radius 3 is 2.40 bits per heavy atom. The summed E-state index contributed by atoms with van der Waals surface area (Å²) in [5.41, 5.74) is 2.44. The van der Waals surface area contributed by atoms with Gasteiger partial charge in [0, 0.05) is 55.1 Å². The van der Waals surface area contributed by atoms with E-state index in [0.717, 1.165) is 75.1 Å². The van der Waals surface area contributed by atoms with Crippen molar-refractivity contribution in [2.45, 2.75) is 84.3 Å². The van der Waals surface area contributed by atoms with Crippen LogP contribution in [0.15, 0.2) is 35.7 Å². The molecule has 3 aromatic rings. The standard InChI is InChI=1S/C34H52N6O2S/c1-8-26(9-2)40-31-13-12-25(22-29(31)35-32(40)23-28-11-10-20-43-28)33(41)36-30(21-24(3)4)34(42)39-16-14-27(15-17-39)38(7)19-18-37(5)6/h10-13,20,22,24,26-27,30H,8-9,14-19,21,23H2,1-7H3,(H,36,41)/t30-/m0/s1. The third-order valence-electron chi connectivity index (χ3n) is 8.85. The highest BCUT2D eigenvalue weighted by molar-refractivity contribution is 7.09. The van der Waals surface area contributed by atoms with Crippen molar-refractivity contribution in [3.05, 3.63) is 52.0 Å². The van der Waals surface area contributed by atoms with Gasteiger partial charge in [0.05, 0.1) is 11.0 Å². The second kappa shape index (κ2) is 15.3. The van der Waals surface area contributed by atoms with E-state index in [4.69, 9.17) is 4.98 Å². The zero-order valence-electron chi connectivity index (χ0n) is 27.3. The number of benzene rings is 1. The van der Waals surface area contributed by atoms with Crippen LogP contribution in [0.1, 0.15) is 86.9 Å². The zero-order chi connectivity index (χ0) is 31.1. The molecule has 9 heteroatoms. The van der Waals surface area contributed by atoms with E-state index >= 15 is 0 Å². The van der Waals surface area contributed by atoms with Crippen LogP contribution in [0.2, 0.25) is 0 Å². The van der Waals surface area contributed by atoms with Crippen molar-refractivity contribution < 1.29 is 9.59 Å². The molecule has 43 heavy (non-hydrogen) atoms. The van der Waals surface area contributed by atoms with E-state index in [1.54, 1.807) is 11.3 Å². The number of likely N-dealkylation sites (tertiary alicyclic amines) is 1. The number of thiophene rings is 1. The molecule has 1 N–H and O–H groups in total. The Hall–Kier alpha value is -2.75. The lowest BCUT2D eigenvalue weighted by Crippen LogP contribution is -2.53. The molecule has 1 aliphatic heterocycles. The van der Waals surface area contributed by atoms with Crippen LogP contribution >= 0.6 is 11.3 Å². The van der Waals surface area contributed by atoms with E-state index in [-0.39, 0.29) is 17.7 Å². The van der Waals surface area contributed by atoms with Crippen LogP contribution in [-0.4, -0.2) is 95.5 Å². The summed E-state index contributed by atoms with van der Waals surface area (Å²) in [6.07, 6.45) is 5.35. The highest BCUT2D eigenvalue weighted by Gasteiger charge is 2.31. The maximum Gasteiger partial charge on any atom is 0.252 e. The van der Waals surface area contributed by atoms with Crippen LogP contribution in [0.25, 0.3) is 11.0 Å². The number of fused-ring (bicyclic) bond motifs is 1. The average molecular weight is 609 g/mol. The molecule has 0 radical (unpaired) electrons. The van der Waals surface area contributed by atoms with Crippen molar-refractivity contribution in [3.8, 4) is 0 Å². The van der Waals surface area contributed by atoms with E-state index in [1.165, 1.54) is 4.88 Å². The Morgan fingerprint density at radius 2 is 1.79 bits per heavy atom. The number of carbonyl (C=O) groups is 2. The fourth-order valence-corrected chi connectivity index (χ4v) is 6.97. The van der Waals surface area contributed by atoms with E-state index in [2.05, 4.69) is 86.0 Å². The number of piperidine rings is 1. The van der Waals surface area contributed by atoms with Gasteiger partial charge < -0.3 is 24.6 Å². The fourth-order valence-electron chi connectivity index (χ4n) is 6.27. The number of rotatable bonds is 14. The second-order valence-electron chi connectivity index (χ2n) is 12.8. The lowest BCUT2D eigenvalue weighted by molar-refractivity contribution is -0.135. The molecule has 2 amide bonds. The summed E-state index contributed by atoms with van der Waals surface area (Å²) in [6.45, 7) is 12.1. The number of imidazole rings is 1. The van der Waals surface area contributed by atoms with E-state index in [0.29, 0.717) is 24.1 Å². The molecule has 0 bridgehead atoms. The number of likely N-dealkylation sites (N-methyl/N-ethyl adjacent to an activating group) is 2. The predicted molar refractivity (Wildman–Crippen MR) is 178 cm³/mol. The number of hydrogen-bond donors (Lipinski definition) is 1. The summed E-state index contributed by atoms with van der Waals surface area (Å²) in [5.74, 6) is 1.14. The minimum Gasteiger partial charge on any atom is -0.341 e. The van der Waals surface area contributed by atoms with Gasteiger partial charge in [0.2, 0.25) is 5.91 Å². The lowest BCUT2D eigenvalue weighted by Gasteiger charge is -2.38. The lowest BCUT2D eigenvalue weighted by atomic mass is 9.99. The summed E-state index contributed by atoms with van der Waals surface area (Å²) < 4.78 is 2.36. The molecule has 8 nitrogen and oxygen atoms in total. The van der Waals surface area contributed by atoms with Crippen molar-refractivity contribution in [1.82, 2.24) is 29.6 Å². The molecule has 0 unspecified atom stereocenters. The molecule has 1 atom stereocenters. The summed E-state index contributed by atoms with van der Waals surface area (Å²) >= 11 is 1.74. The molecule has 0 spiro atoms. The van der Waals surface area contributed by atoms with Gasteiger partial charge in [-0.1, -0.05) is 33.8 Å². The second-order valence-corrected chi connectivity index (χ2v) is 13.9. The van der Waals surface area contributed by atoms with Gasteiger partial charge in [-0.05, 0) is 88.8 Å². The first kappa shape index (κ1) is 33.1. The molecule has 1 fully saturated rings.